The summed E-state index contributed by atoms with van der Waals surface area (Å²) in [7, 11) is 0. The molecule has 0 fully saturated rings. The maximum atomic E-state index is 5.85. The molecule has 0 amide bonds. The first-order chi connectivity index (χ1) is 7.84. The summed E-state index contributed by atoms with van der Waals surface area (Å²) in [6, 6.07) is 8.25. The fourth-order valence-corrected chi connectivity index (χ4v) is 2.74. The van der Waals surface area contributed by atoms with Gasteiger partial charge in [0, 0.05) is 10.3 Å². The van der Waals surface area contributed by atoms with Gasteiger partial charge in [0.05, 0.1) is 18.1 Å². The minimum atomic E-state index is 0.422. The lowest BCUT2D eigenvalue weighted by Crippen LogP contribution is -1.85. The van der Waals surface area contributed by atoms with Crippen molar-refractivity contribution in [2.45, 2.75) is 0 Å². The highest BCUT2D eigenvalue weighted by Crippen LogP contribution is 2.31. The number of aromatic nitrogens is 2. The Morgan fingerprint density at radius 1 is 1.12 bits per heavy atom. The molecular weight excluding hydrogens is 240 g/mol. The third-order valence-electron chi connectivity index (χ3n) is 2.36. The van der Waals surface area contributed by atoms with Crippen molar-refractivity contribution in [3.63, 3.8) is 0 Å². The van der Waals surface area contributed by atoms with Crippen LogP contribution in [-0.2, 0) is 0 Å². The molecule has 16 heavy (non-hydrogen) atoms. The van der Waals surface area contributed by atoms with E-state index in [0.29, 0.717) is 5.15 Å². The van der Waals surface area contributed by atoms with Gasteiger partial charge in [0.15, 0.2) is 0 Å². The molecule has 0 saturated carbocycles. The first-order valence-corrected chi connectivity index (χ1v) is 6.04. The highest BCUT2D eigenvalue weighted by Gasteiger charge is 2.06. The van der Waals surface area contributed by atoms with Gasteiger partial charge < -0.3 is 0 Å². The van der Waals surface area contributed by atoms with Crippen molar-refractivity contribution in [3.05, 3.63) is 47.2 Å². The molecule has 2 nitrogen and oxygen atoms in total. The van der Waals surface area contributed by atoms with E-state index in [1.807, 2.05) is 12.1 Å². The Hall–Kier alpha value is -1.45. The van der Waals surface area contributed by atoms with Crippen LogP contribution in [0.3, 0.4) is 0 Å². The van der Waals surface area contributed by atoms with Gasteiger partial charge in [-0.25, -0.2) is 4.98 Å². The Bertz CT molecular complexity index is 648. The second kappa shape index (κ2) is 3.85. The summed E-state index contributed by atoms with van der Waals surface area (Å²) < 4.78 is 1.22. The van der Waals surface area contributed by atoms with E-state index in [0.717, 1.165) is 11.3 Å². The van der Waals surface area contributed by atoms with Crippen molar-refractivity contribution in [1.29, 1.82) is 0 Å². The van der Waals surface area contributed by atoms with Crippen LogP contribution in [0.2, 0.25) is 5.15 Å². The molecule has 0 radical (unpaired) electrons. The molecular formula is C12H7ClN2S. The molecule has 0 unspecified atom stereocenters. The summed E-state index contributed by atoms with van der Waals surface area (Å²) >= 11 is 7.55. The molecule has 1 aromatic carbocycles. The lowest BCUT2D eigenvalue weighted by Gasteiger charge is -2.01. The van der Waals surface area contributed by atoms with Crippen LogP contribution in [0.5, 0.6) is 0 Å². The van der Waals surface area contributed by atoms with Crippen molar-refractivity contribution < 1.29 is 0 Å². The fourth-order valence-electron chi connectivity index (χ4n) is 1.67. The van der Waals surface area contributed by atoms with E-state index in [1.165, 1.54) is 10.1 Å². The molecule has 0 aliphatic heterocycles. The lowest BCUT2D eigenvalue weighted by molar-refractivity contribution is 1.21. The van der Waals surface area contributed by atoms with E-state index in [-0.39, 0.29) is 0 Å². The average Bonchev–Trinajstić information content (AvgIpc) is 2.76. The number of fused-ring (bicyclic) bond motifs is 1. The van der Waals surface area contributed by atoms with Crippen LogP contribution in [0.25, 0.3) is 21.3 Å². The van der Waals surface area contributed by atoms with Gasteiger partial charge in [-0.05, 0) is 16.8 Å². The molecule has 4 heteroatoms. The molecule has 0 N–H and O–H groups in total. The van der Waals surface area contributed by atoms with Crippen molar-refractivity contribution in [2.75, 3.05) is 0 Å². The van der Waals surface area contributed by atoms with Gasteiger partial charge in [-0.1, -0.05) is 29.8 Å². The number of benzene rings is 1. The monoisotopic (exact) mass is 246 g/mol. The number of hydrogen-bond donors (Lipinski definition) is 0. The number of halogens is 1. The topological polar surface area (TPSA) is 25.8 Å². The zero-order chi connectivity index (χ0) is 11.0. The Morgan fingerprint density at radius 3 is 2.94 bits per heavy atom. The second-order valence-corrected chi connectivity index (χ2v) is 4.67. The molecule has 3 rings (SSSR count). The molecule has 0 atom stereocenters. The first kappa shape index (κ1) is 9.75. The van der Waals surface area contributed by atoms with Crippen LogP contribution < -0.4 is 0 Å². The van der Waals surface area contributed by atoms with Gasteiger partial charge in [0.2, 0.25) is 0 Å². The average molecular weight is 247 g/mol. The fraction of sp³-hybridized carbons (Fsp3) is 0. The minimum Gasteiger partial charge on any atom is -0.259 e. The highest BCUT2D eigenvalue weighted by molar-refractivity contribution is 7.17. The Balaban J connectivity index is 2.29. The maximum Gasteiger partial charge on any atom is 0.148 e. The minimum absolute atomic E-state index is 0.422. The highest BCUT2D eigenvalue weighted by atomic mass is 35.5. The molecule has 2 heterocycles. The van der Waals surface area contributed by atoms with Gasteiger partial charge in [-0.2, -0.15) is 0 Å². The van der Waals surface area contributed by atoms with Crippen molar-refractivity contribution in [1.82, 2.24) is 9.97 Å². The lowest BCUT2D eigenvalue weighted by atomic mass is 10.1. The quantitative estimate of drug-likeness (QED) is 0.648. The zero-order valence-corrected chi connectivity index (χ0v) is 9.79. The van der Waals surface area contributed by atoms with Gasteiger partial charge in [0.1, 0.15) is 5.15 Å². The van der Waals surface area contributed by atoms with E-state index in [2.05, 4.69) is 27.5 Å². The van der Waals surface area contributed by atoms with Gasteiger partial charge in [0.25, 0.3) is 0 Å². The van der Waals surface area contributed by atoms with Crippen molar-refractivity contribution >= 4 is 33.0 Å². The molecule has 0 bridgehead atoms. The number of rotatable bonds is 1. The maximum absolute atomic E-state index is 5.85. The largest absolute Gasteiger partial charge is 0.259 e. The number of hydrogen-bond acceptors (Lipinski definition) is 3. The SMILES string of the molecule is Clc1cncc(-c2cccc3ccsc23)n1. The van der Waals surface area contributed by atoms with E-state index < -0.39 is 0 Å². The standard InChI is InChI=1S/C12H7ClN2S/c13-11-7-14-6-10(15-11)9-3-1-2-8-4-5-16-12(8)9/h1-7H. The molecule has 0 spiro atoms. The van der Waals surface area contributed by atoms with Crippen LogP contribution in [0.15, 0.2) is 42.0 Å². The normalized spacial score (nSPS) is 10.8. The summed E-state index contributed by atoms with van der Waals surface area (Å²) in [5.41, 5.74) is 1.91. The summed E-state index contributed by atoms with van der Waals surface area (Å²) in [6.45, 7) is 0. The zero-order valence-electron chi connectivity index (χ0n) is 8.22. The van der Waals surface area contributed by atoms with Crippen LogP contribution in [0, 0.1) is 0 Å². The summed E-state index contributed by atoms with van der Waals surface area (Å²) in [4.78, 5) is 8.34. The molecule has 0 saturated heterocycles. The molecule has 2 aromatic heterocycles. The van der Waals surface area contributed by atoms with Gasteiger partial charge in [-0.15, -0.1) is 11.3 Å². The molecule has 0 aliphatic rings. The Morgan fingerprint density at radius 2 is 2.06 bits per heavy atom. The van der Waals surface area contributed by atoms with E-state index in [9.17, 15) is 0 Å². The van der Waals surface area contributed by atoms with Gasteiger partial charge in [-0.3, -0.25) is 4.98 Å². The van der Waals surface area contributed by atoms with E-state index in [1.54, 1.807) is 23.7 Å². The van der Waals surface area contributed by atoms with Crippen LogP contribution in [-0.4, -0.2) is 9.97 Å². The van der Waals surface area contributed by atoms with E-state index in [4.69, 9.17) is 11.6 Å². The summed E-state index contributed by atoms with van der Waals surface area (Å²) in [6.07, 6.45) is 3.28. The van der Waals surface area contributed by atoms with Crippen molar-refractivity contribution in [2.24, 2.45) is 0 Å². The number of thiophene rings is 1. The van der Waals surface area contributed by atoms with E-state index >= 15 is 0 Å². The number of nitrogens with zero attached hydrogens (tertiary/aromatic N) is 2. The third kappa shape index (κ3) is 1.58. The predicted molar refractivity (Wildman–Crippen MR) is 67.9 cm³/mol. The third-order valence-corrected chi connectivity index (χ3v) is 3.51. The summed E-state index contributed by atoms with van der Waals surface area (Å²) in [5.74, 6) is 0. The Labute approximate surface area is 102 Å². The van der Waals surface area contributed by atoms with Crippen LogP contribution in [0.4, 0.5) is 0 Å². The second-order valence-electron chi connectivity index (χ2n) is 3.37. The smallest absolute Gasteiger partial charge is 0.148 e. The Kier molecular flexibility index (Phi) is 2.35. The van der Waals surface area contributed by atoms with Crippen molar-refractivity contribution in [3.8, 4) is 11.3 Å². The van der Waals surface area contributed by atoms with Crippen LogP contribution in [0.1, 0.15) is 0 Å². The summed E-state index contributed by atoms with van der Waals surface area (Å²) in [5, 5.41) is 3.72. The van der Waals surface area contributed by atoms with Gasteiger partial charge >= 0.3 is 0 Å². The molecule has 3 aromatic rings. The molecule has 78 valence electrons. The first-order valence-electron chi connectivity index (χ1n) is 4.79. The predicted octanol–water partition coefficient (Wildman–Crippen LogP) is 4.01. The molecule has 0 aliphatic carbocycles. The van der Waals surface area contributed by atoms with Crippen LogP contribution >= 0.6 is 22.9 Å².